The number of hydrogen-bond acceptors (Lipinski definition) is 5. The number of ether oxygens (including phenoxy) is 1. The largest absolute Gasteiger partial charge is 0.465 e. The lowest BCUT2D eigenvalue weighted by Gasteiger charge is -2.03. The predicted octanol–water partition coefficient (Wildman–Crippen LogP) is 0.912. The Morgan fingerprint density at radius 1 is 1.47 bits per heavy atom. The van der Waals surface area contributed by atoms with E-state index in [1.165, 1.54) is 19.2 Å². The number of carbonyl (C=O) groups is 1. The van der Waals surface area contributed by atoms with Crippen LogP contribution in [0.4, 0.5) is 0 Å². The fourth-order valence-corrected chi connectivity index (χ4v) is 2.30. The van der Waals surface area contributed by atoms with Crippen molar-refractivity contribution in [3.8, 4) is 6.07 Å². The number of sulfone groups is 1. The third-order valence-corrected chi connectivity index (χ3v) is 3.36. The molecule has 5 nitrogen and oxygen atoms in total. The standard InChI is InChI=1S/C11H11NO4S/c1-16-11(13)10-4-2-3-9(7-10)8-17(14,15)6-5-12/h2-4,7H,6,8H2,1H3. The molecule has 0 amide bonds. The van der Waals surface area contributed by atoms with E-state index in [4.69, 9.17) is 5.26 Å². The van der Waals surface area contributed by atoms with Gasteiger partial charge in [0, 0.05) is 0 Å². The molecule has 1 rings (SSSR count). The van der Waals surface area contributed by atoms with Gasteiger partial charge in [-0.2, -0.15) is 5.26 Å². The number of rotatable bonds is 4. The maximum Gasteiger partial charge on any atom is 0.337 e. The Kier molecular flexibility index (Phi) is 4.24. The SMILES string of the molecule is COC(=O)c1cccc(CS(=O)(=O)CC#N)c1. The minimum atomic E-state index is -3.45. The average molecular weight is 253 g/mol. The lowest BCUT2D eigenvalue weighted by Crippen LogP contribution is -2.09. The molecule has 0 spiro atoms. The van der Waals surface area contributed by atoms with Crippen LogP contribution in [0.5, 0.6) is 0 Å². The smallest absolute Gasteiger partial charge is 0.337 e. The summed E-state index contributed by atoms with van der Waals surface area (Å²) in [4.78, 5) is 11.2. The molecule has 0 heterocycles. The molecule has 0 N–H and O–H groups in total. The molecule has 17 heavy (non-hydrogen) atoms. The Morgan fingerprint density at radius 3 is 2.76 bits per heavy atom. The number of nitrogens with zero attached hydrogens (tertiary/aromatic N) is 1. The highest BCUT2D eigenvalue weighted by Gasteiger charge is 2.13. The molecule has 0 aromatic heterocycles. The van der Waals surface area contributed by atoms with Crippen molar-refractivity contribution in [3.63, 3.8) is 0 Å². The van der Waals surface area contributed by atoms with Crippen molar-refractivity contribution in [2.45, 2.75) is 5.75 Å². The zero-order chi connectivity index (χ0) is 12.9. The molecule has 0 saturated heterocycles. The Balaban J connectivity index is 2.95. The van der Waals surface area contributed by atoms with Gasteiger partial charge in [0.15, 0.2) is 9.84 Å². The van der Waals surface area contributed by atoms with Crippen LogP contribution in [0.2, 0.25) is 0 Å². The zero-order valence-corrected chi connectivity index (χ0v) is 10.0. The number of carbonyl (C=O) groups excluding carboxylic acids is 1. The molecule has 0 unspecified atom stereocenters. The minimum Gasteiger partial charge on any atom is -0.465 e. The van der Waals surface area contributed by atoms with Gasteiger partial charge in [-0.15, -0.1) is 0 Å². The summed E-state index contributed by atoms with van der Waals surface area (Å²) in [7, 11) is -2.20. The molecule has 0 aliphatic heterocycles. The topological polar surface area (TPSA) is 84.2 Å². The van der Waals surface area contributed by atoms with Crippen molar-refractivity contribution in [1.82, 2.24) is 0 Å². The molecule has 0 atom stereocenters. The van der Waals surface area contributed by atoms with Gasteiger partial charge in [0.1, 0.15) is 5.75 Å². The molecule has 6 heteroatoms. The molecular weight excluding hydrogens is 242 g/mol. The second-order valence-corrected chi connectivity index (χ2v) is 5.45. The van der Waals surface area contributed by atoms with Gasteiger partial charge >= 0.3 is 5.97 Å². The molecule has 0 aliphatic carbocycles. The van der Waals surface area contributed by atoms with E-state index in [1.807, 2.05) is 0 Å². The van der Waals surface area contributed by atoms with Crippen molar-refractivity contribution < 1.29 is 17.9 Å². The monoisotopic (exact) mass is 253 g/mol. The van der Waals surface area contributed by atoms with Crippen molar-refractivity contribution >= 4 is 15.8 Å². The van der Waals surface area contributed by atoms with Gasteiger partial charge in [-0.05, 0) is 17.7 Å². The van der Waals surface area contributed by atoms with E-state index in [1.54, 1.807) is 18.2 Å². The van der Waals surface area contributed by atoms with Gasteiger partial charge in [0.25, 0.3) is 0 Å². The van der Waals surface area contributed by atoms with Crippen LogP contribution < -0.4 is 0 Å². The first-order valence-electron chi connectivity index (χ1n) is 4.73. The van der Waals surface area contributed by atoms with Crippen LogP contribution in [0, 0.1) is 11.3 Å². The van der Waals surface area contributed by atoms with Crippen molar-refractivity contribution in [2.75, 3.05) is 12.9 Å². The third kappa shape index (κ3) is 3.89. The van der Waals surface area contributed by atoms with E-state index >= 15 is 0 Å². The number of hydrogen-bond donors (Lipinski definition) is 0. The lowest BCUT2D eigenvalue weighted by atomic mass is 10.1. The van der Waals surface area contributed by atoms with E-state index in [9.17, 15) is 13.2 Å². The van der Waals surface area contributed by atoms with E-state index in [2.05, 4.69) is 4.74 Å². The molecular formula is C11H11NO4S. The Hall–Kier alpha value is -1.87. The summed E-state index contributed by atoms with van der Waals surface area (Å²) < 4.78 is 27.4. The normalized spacial score (nSPS) is 10.6. The molecule has 0 fully saturated rings. The molecule has 0 radical (unpaired) electrons. The fraction of sp³-hybridized carbons (Fsp3) is 0.273. The van der Waals surface area contributed by atoms with Crippen molar-refractivity contribution in [3.05, 3.63) is 35.4 Å². The number of benzene rings is 1. The maximum atomic E-state index is 11.4. The maximum absolute atomic E-state index is 11.4. The first kappa shape index (κ1) is 13.2. The van der Waals surface area contributed by atoms with Gasteiger partial charge in [-0.3, -0.25) is 0 Å². The highest BCUT2D eigenvalue weighted by Crippen LogP contribution is 2.10. The quantitative estimate of drug-likeness (QED) is 0.745. The molecule has 90 valence electrons. The summed E-state index contributed by atoms with van der Waals surface area (Å²) in [6.07, 6.45) is 0. The summed E-state index contributed by atoms with van der Waals surface area (Å²) in [6, 6.07) is 7.73. The van der Waals surface area contributed by atoms with Crippen LogP contribution in [0.1, 0.15) is 15.9 Å². The fourth-order valence-electron chi connectivity index (χ4n) is 1.31. The number of methoxy groups -OCH3 is 1. The summed E-state index contributed by atoms with van der Waals surface area (Å²) in [5, 5.41) is 8.36. The minimum absolute atomic E-state index is 0.259. The molecule has 0 saturated carbocycles. The Labute approximate surface area is 99.5 Å². The third-order valence-electron chi connectivity index (χ3n) is 2.02. The van der Waals surface area contributed by atoms with Crippen LogP contribution in [-0.4, -0.2) is 27.2 Å². The second kappa shape index (κ2) is 5.46. The van der Waals surface area contributed by atoms with Crippen LogP contribution >= 0.6 is 0 Å². The average Bonchev–Trinajstić information content (AvgIpc) is 2.27. The molecule has 0 aliphatic rings. The molecule has 0 bridgehead atoms. The van der Waals surface area contributed by atoms with E-state index in [-0.39, 0.29) is 11.3 Å². The molecule has 1 aromatic carbocycles. The number of esters is 1. The Bertz CT molecular complexity index is 557. The summed E-state index contributed by atoms with van der Waals surface area (Å²) >= 11 is 0. The summed E-state index contributed by atoms with van der Waals surface area (Å²) in [6.45, 7) is 0. The van der Waals surface area contributed by atoms with Gasteiger partial charge in [-0.25, -0.2) is 13.2 Å². The van der Waals surface area contributed by atoms with Gasteiger partial charge in [0.2, 0.25) is 0 Å². The van der Waals surface area contributed by atoms with Crippen molar-refractivity contribution in [1.29, 1.82) is 5.26 Å². The highest BCUT2D eigenvalue weighted by atomic mass is 32.2. The first-order valence-corrected chi connectivity index (χ1v) is 6.55. The zero-order valence-electron chi connectivity index (χ0n) is 9.21. The van der Waals surface area contributed by atoms with Crippen LogP contribution in [0.3, 0.4) is 0 Å². The predicted molar refractivity (Wildman–Crippen MR) is 60.9 cm³/mol. The van der Waals surface area contributed by atoms with E-state index in [0.717, 1.165) is 0 Å². The number of nitriles is 1. The first-order chi connectivity index (χ1) is 7.98. The van der Waals surface area contributed by atoms with Gasteiger partial charge in [-0.1, -0.05) is 12.1 Å². The van der Waals surface area contributed by atoms with E-state index in [0.29, 0.717) is 5.56 Å². The summed E-state index contributed by atoms with van der Waals surface area (Å²) in [5.74, 6) is -1.31. The van der Waals surface area contributed by atoms with Crippen LogP contribution in [0.25, 0.3) is 0 Å². The van der Waals surface area contributed by atoms with Crippen LogP contribution in [-0.2, 0) is 20.3 Å². The van der Waals surface area contributed by atoms with Crippen LogP contribution in [0.15, 0.2) is 24.3 Å². The van der Waals surface area contributed by atoms with Crippen molar-refractivity contribution in [2.24, 2.45) is 0 Å². The van der Waals surface area contributed by atoms with Gasteiger partial charge in [0.05, 0.1) is 24.5 Å². The Morgan fingerprint density at radius 2 is 2.18 bits per heavy atom. The lowest BCUT2D eigenvalue weighted by molar-refractivity contribution is 0.0600. The highest BCUT2D eigenvalue weighted by molar-refractivity contribution is 7.90. The van der Waals surface area contributed by atoms with Gasteiger partial charge < -0.3 is 4.74 Å². The second-order valence-electron chi connectivity index (χ2n) is 3.38. The summed E-state index contributed by atoms with van der Waals surface area (Å²) in [5.41, 5.74) is 0.750. The molecule has 1 aromatic rings. The van der Waals surface area contributed by atoms with E-state index < -0.39 is 21.6 Å².